The maximum absolute atomic E-state index is 11.9. The van der Waals surface area contributed by atoms with Gasteiger partial charge in [-0.15, -0.1) is 11.6 Å². The Labute approximate surface area is 92.5 Å². The van der Waals surface area contributed by atoms with Crippen LogP contribution in [0.4, 0.5) is 0 Å². The number of halogens is 1. The molecule has 1 aromatic carbocycles. The van der Waals surface area contributed by atoms with Gasteiger partial charge < -0.3 is 4.42 Å². The van der Waals surface area contributed by atoms with Crippen LogP contribution in [0.2, 0.25) is 0 Å². The largest absolute Gasteiger partial charge is 0.463 e. The highest BCUT2D eigenvalue weighted by Crippen LogP contribution is 2.19. The fourth-order valence-electron chi connectivity index (χ4n) is 1.57. The van der Waals surface area contributed by atoms with Gasteiger partial charge in [0.1, 0.15) is 5.58 Å². The van der Waals surface area contributed by atoms with Crippen LogP contribution in [0, 0.1) is 13.8 Å². The lowest BCUT2D eigenvalue weighted by molar-refractivity contribution is 0.593. The molecule has 0 aliphatic rings. The van der Waals surface area contributed by atoms with Gasteiger partial charge in [0.05, 0.1) is 23.1 Å². The molecule has 2 rings (SSSR count). The molecule has 0 amide bonds. The molecule has 15 heavy (non-hydrogen) atoms. The monoisotopic (exact) mass is 222 g/mol. The lowest BCUT2D eigenvalue weighted by atomic mass is 10.1. The minimum Gasteiger partial charge on any atom is -0.463 e. The minimum atomic E-state index is -0.0330. The highest BCUT2D eigenvalue weighted by molar-refractivity contribution is 6.17. The Morgan fingerprint density at radius 1 is 1.33 bits per heavy atom. The number of aryl methyl sites for hydroxylation is 2. The maximum Gasteiger partial charge on any atom is 0.197 e. The van der Waals surface area contributed by atoms with Crippen LogP contribution in [0.3, 0.4) is 0 Å². The summed E-state index contributed by atoms with van der Waals surface area (Å²) in [6, 6.07) is 3.71. The normalized spacial score (nSPS) is 10.9. The van der Waals surface area contributed by atoms with Gasteiger partial charge in [0.2, 0.25) is 0 Å². The van der Waals surface area contributed by atoms with Crippen LogP contribution in [-0.4, -0.2) is 0 Å². The highest BCUT2D eigenvalue weighted by Gasteiger charge is 2.08. The molecule has 3 heteroatoms. The summed E-state index contributed by atoms with van der Waals surface area (Å²) in [4.78, 5) is 11.9. The molecule has 0 saturated carbocycles. The van der Waals surface area contributed by atoms with Crippen molar-refractivity contribution in [1.29, 1.82) is 0 Å². The summed E-state index contributed by atoms with van der Waals surface area (Å²) in [6.45, 7) is 3.94. The van der Waals surface area contributed by atoms with E-state index in [4.69, 9.17) is 16.0 Å². The molecule has 0 fully saturated rings. The predicted octanol–water partition coefficient (Wildman–Crippen LogP) is 3.15. The Kier molecular flexibility index (Phi) is 2.53. The van der Waals surface area contributed by atoms with Crippen molar-refractivity contribution in [2.24, 2.45) is 0 Å². The summed E-state index contributed by atoms with van der Waals surface area (Å²) in [5.74, 6) is 0.186. The van der Waals surface area contributed by atoms with Crippen molar-refractivity contribution in [3.8, 4) is 0 Å². The summed E-state index contributed by atoms with van der Waals surface area (Å²) in [6.07, 6.45) is 1.45. The van der Waals surface area contributed by atoms with E-state index in [0.717, 1.165) is 11.1 Å². The summed E-state index contributed by atoms with van der Waals surface area (Å²) < 4.78 is 5.44. The van der Waals surface area contributed by atoms with E-state index in [1.165, 1.54) is 6.26 Å². The van der Waals surface area contributed by atoms with Crippen LogP contribution in [0.25, 0.3) is 11.0 Å². The lowest BCUT2D eigenvalue weighted by Gasteiger charge is -2.04. The van der Waals surface area contributed by atoms with Crippen LogP contribution in [0.5, 0.6) is 0 Å². The quantitative estimate of drug-likeness (QED) is 0.694. The number of benzene rings is 1. The van der Waals surface area contributed by atoms with Gasteiger partial charge in [-0.1, -0.05) is 6.07 Å². The molecule has 78 valence electrons. The number of fused-ring (bicyclic) bond motifs is 1. The zero-order chi connectivity index (χ0) is 11.0. The summed E-state index contributed by atoms with van der Waals surface area (Å²) in [7, 11) is 0. The molecule has 0 aliphatic heterocycles. The fraction of sp³-hybridized carbons (Fsp3) is 0.250. The summed E-state index contributed by atoms with van der Waals surface area (Å²) in [5.41, 5.74) is 3.26. The van der Waals surface area contributed by atoms with Gasteiger partial charge in [0, 0.05) is 0 Å². The molecule has 0 radical (unpaired) electrons. The average molecular weight is 223 g/mol. The van der Waals surface area contributed by atoms with Gasteiger partial charge in [-0.3, -0.25) is 4.79 Å². The molecule has 0 saturated heterocycles. The molecule has 0 bridgehead atoms. The Hall–Kier alpha value is -1.28. The van der Waals surface area contributed by atoms with E-state index in [-0.39, 0.29) is 11.3 Å². The van der Waals surface area contributed by atoms with Crippen LogP contribution in [-0.2, 0) is 5.88 Å². The Bertz CT molecular complexity index is 570. The number of hydrogen-bond acceptors (Lipinski definition) is 2. The number of rotatable bonds is 1. The molecule has 2 aromatic rings. The molecule has 2 nitrogen and oxygen atoms in total. The lowest BCUT2D eigenvalue weighted by Crippen LogP contribution is -2.07. The van der Waals surface area contributed by atoms with Gasteiger partial charge >= 0.3 is 0 Å². The molecule has 0 aliphatic carbocycles. The van der Waals surface area contributed by atoms with Crippen molar-refractivity contribution in [3.63, 3.8) is 0 Å². The van der Waals surface area contributed by atoms with Crippen LogP contribution in [0.1, 0.15) is 16.7 Å². The topological polar surface area (TPSA) is 30.2 Å². The van der Waals surface area contributed by atoms with Gasteiger partial charge in [-0.05, 0) is 31.0 Å². The molecule has 0 unspecified atom stereocenters. The van der Waals surface area contributed by atoms with Crippen LogP contribution >= 0.6 is 11.6 Å². The predicted molar refractivity (Wildman–Crippen MR) is 61.5 cm³/mol. The van der Waals surface area contributed by atoms with E-state index >= 15 is 0 Å². The zero-order valence-electron chi connectivity index (χ0n) is 8.63. The van der Waals surface area contributed by atoms with Gasteiger partial charge in [-0.2, -0.15) is 0 Å². The zero-order valence-corrected chi connectivity index (χ0v) is 9.39. The van der Waals surface area contributed by atoms with Gasteiger partial charge in [-0.25, -0.2) is 0 Å². The third-order valence-corrected chi connectivity index (χ3v) is 2.96. The van der Waals surface area contributed by atoms with E-state index in [1.807, 2.05) is 19.9 Å². The van der Waals surface area contributed by atoms with Crippen molar-refractivity contribution in [1.82, 2.24) is 0 Å². The summed E-state index contributed by atoms with van der Waals surface area (Å²) >= 11 is 5.64. The van der Waals surface area contributed by atoms with Crippen molar-refractivity contribution in [3.05, 3.63) is 45.3 Å². The van der Waals surface area contributed by atoms with Gasteiger partial charge in [0.25, 0.3) is 0 Å². The minimum absolute atomic E-state index is 0.0330. The maximum atomic E-state index is 11.9. The molecular formula is C12H11ClO2. The third kappa shape index (κ3) is 1.55. The molecule has 0 spiro atoms. The van der Waals surface area contributed by atoms with E-state index in [1.54, 1.807) is 6.07 Å². The average Bonchev–Trinajstić information content (AvgIpc) is 2.24. The Morgan fingerprint density at radius 2 is 2.07 bits per heavy atom. The van der Waals surface area contributed by atoms with Crippen LogP contribution in [0.15, 0.2) is 27.6 Å². The Balaban J connectivity index is 2.92. The number of alkyl halides is 1. The van der Waals surface area contributed by atoms with Crippen molar-refractivity contribution >= 4 is 22.6 Å². The van der Waals surface area contributed by atoms with E-state index in [2.05, 4.69) is 0 Å². The first-order valence-corrected chi connectivity index (χ1v) is 5.25. The second kappa shape index (κ2) is 3.70. The molecule has 1 aromatic heterocycles. The second-order valence-electron chi connectivity index (χ2n) is 3.61. The first kappa shape index (κ1) is 10.2. The molecule has 0 atom stereocenters. The SMILES string of the molecule is Cc1ccc2c(=O)c(CCl)coc2c1C. The van der Waals surface area contributed by atoms with Crippen molar-refractivity contribution < 1.29 is 4.42 Å². The van der Waals surface area contributed by atoms with E-state index in [9.17, 15) is 4.79 Å². The summed E-state index contributed by atoms with van der Waals surface area (Å²) in [5, 5.41) is 0.608. The number of hydrogen-bond donors (Lipinski definition) is 0. The standard InChI is InChI=1S/C12H11ClO2/c1-7-3-4-10-11(14)9(5-13)6-15-12(10)8(7)2/h3-4,6H,5H2,1-2H3. The van der Waals surface area contributed by atoms with Crippen LogP contribution < -0.4 is 5.43 Å². The molecule has 0 N–H and O–H groups in total. The van der Waals surface area contributed by atoms with Crippen molar-refractivity contribution in [2.75, 3.05) is 0 Å². The second-order valence-corrected chi connectivity index (χ2v) is 3.88. The first-order valence-electron chi connectivity index (χ1n) is 4.71. The van der Waals surface area contributed by atoms with E-state index < -0.39 is 0 Å². The van der Waals surface area contributed by atoms with Crippen molar-refractivity contribution in [2.45, 2.75) is 19.7 Å². The smallest absolute Gasteiger partial charge is 0.197 e. The first-order chi connectivity index (χ1) is 7.15. The van der Waals surface area contributed by atoms with Gasteiger partial charge in [0.15, 0.2) is 5.43 Å². The highest BCUT2D eigenvalue weighted by atomic mass is 35.5. The molecular weight excluding hydrogens is 212 g/mol. The fourth-order valence-corrected chi connectivity index (χ4v) is 1.75. The molecule has 1 heterocycles. The van der Waals surface area contributed by atoms with E-state index in [0.29, 0.717) is 16.5 Å². The Morgan fingerprint density at radius 3 is 2.73 bits per heavy atom. The third-order valence-electron chi connectivity index (χ3n) is 2.68.